The lowest BCUT2D eigenvalue weighted by Gasteiger charge is -2.09. The van der Waals surface area contributed by atoms with Crippen molar-refractivity contribution in [3.8, 4) is 11.4 Å². The Morgan fingerprint density at radius 3 is 2.29 bits per heavy atom. The van der Waals surface area contributed by atoms with Crippen molar-refractivity contribution >= 4 is 59.9 Å². The number of phenols is 1. The summed E-state index contributed by atoms with van der Waals surface area (Å²) in [6, 6.07) is 13.1. The first-order valence-corrected chi connectivity index (χ1v) is 10.6. The van der Waals surface area contributed by atoms with Gasteiger partial charge in [-0.1, -0.05) is 15.9 Å². The van der Waals surface area contributed by atoms with Crippen LogP contribution in [-0.4, -0.2) is 21.8 Å². The number of halogens is 3. The van der Waals surface area contributed by atoms with Crippen LogP contribution >= 0.6 is 47.8 Å². The van der Waals surface area contributed by atoms with Gasteiger partial charge in [0.2, 0.25) is 0 Å². The minimum absolute atomic E-state index is 0.0421. The standard InChI is InChI=1S/C20H16Br3N3O2/c1-11-7-14(12(2)26(11)16-5-3-15(21)4-6-16)10-24-25-20(28)13-8-17(22)19(27)18(23)9-13/h3-10,27H,1-2H3,(H,25,28)/b24-10-. The molecule has 0 saturated heterocycles. The zero-order chi connectivity index (χ0) is 20.4. The predicted molar refractivity (Wildman–Crippen MR) is 122 cm³/mol. The summed E-state index contributed by atoms with van der Waals surface area (Å²) in [7, 11) is 0. The molecule has 0 fully saturated rings. The Balaban J connectivity index is 1.79. The molecule has 0 bridgehead atoms. The van der Waals surface area contributed by atoms with Crippen LogP contribution in [0.3, 0.4) is 0 Å². The van der Waals surface area contributed by atoms with E-state index < -0.39 is 0 Å². The molecule has 0 saturated carbocycles. The van der Waals surface area contributed by atoms with Crippen molar-refractivity contribution in [3.63, 3.8) is 0 Å². The van der Waals surface area contributed by atoms with Crippen LogP contribution in [0.1, 0.15) is 27.3 Å². The highest BCUT2D eigenvalue weighted by Gasteiger charge is 2.12. The van der Waals surface area contributed by atoms with Gasteiger partial charge in [-0.2, -0.15) is 5.10 Å². The monoisotopic (exact) mass is 567 g/mol. The maximum atomic E-state index is 12.3. The van der Waals surface area contributed by atoms with E-state index in [9.17, 15) is 9.90 Å². The van der Waals surface area contributed by atoms with E-state index in [-0.39, 0.29) is 11.7 Å². The van der Waals surface area contributed by atoms with Gasteiger partial charge in [-0.05, 0) is 88.2 Å². The van der Waals surface area contributed by atoms with Gasteiger partial charge in [0, 0.05) is 32.7 Å². The molecule has 1 amide bonds. The average Bonchev–Trinajstić information content (AvgIpc) is 2.93. The third-order valence-corrected chi connectivity index (χ3v) is 5.94. The van der Waals surface area contributed by atoms with Gasteiger partial charge in [0.05, 0.1) is 15.2 Å². The van der Waals surface area contributed by atoms with E-state index >= 15 is 0 Å². The summed E-state index contributed by atoms with van der Waals surface area (Å²) in [6.07, 6.45) is 1.63. The van der Waals surface area contributed by atoms with Crippen LogP contribution in [0.25, 0.3) is 5.69 Å². The largest absolute Gasteiger partial charge is 0.506 e. The van der Waals surface area contributed by atoms with Crippen LogP contribution in [0.2, 0.25) is 0 Å². The highest BCUT2D eigenvalue weighted by molar-refractivity contribution is 9.11. The van der Waals surface area contributed by atoms with Crippen molar-refractivity contribution in [2.24, 2.45) is 5.10 Å². The van der Waals surface area contributed by atoms with E-state index in [1.54, 1.807) is 6.21 Å². The molecule has 0 radical (unpaired) electrons. The number of amides is 1. The Labute approximate surface area is 187 Å². The number of aryl methyl sites for hydroxylation is 1. The second kappa shape index (κ2) is 8.63. The summed E-state index contributed by atoms with van der Waals surface area (Å²) in [5.41, 5.74) is 6.94. The fourth-order valence-corrected chi connectivity index (χ4v) is 4.28. The Bertz CT molecular complexity index is 1050. The Morgan fingerprint density at radius 2 is 1.68 bits per heavy atom. The molecule has 3 aromatic rings. The van der Waals surface area contributed by atoms with Crippen molar-refractivity contribution in [2.75, 3.05) is 0 Å². The lowest BCUT2D eigenvalue weighted by Crippen LogP contribution is -2.17. The van der Waals surface area contributed by atoms with Gasteiger partial charge in [0.25, 0.3) is 5.91 Å². The number of carbonyl (C=O) groups excluding carboxylic acids is 1. The summed E-state index contributed by atoms with van der Waals surface area (Å²) in [5.74, 6) is -0.334. The molecule has 2 N–H and O–H groups in total. The second-order valence-corrected chi connectivity index (χ2v) is 8.75. The number of hydrazone groups is 1. The van der Waals surface area contributed by atoms with Crippen LogP contribution in [0.5, 0.6) is 5.75 Å². The maximum Gasteiger partial charge on any atom is 0.271 e. The van der Waals surface area contributed by atoms with E-state index in [0.717, 1.165) is 27.1 Å². The molecule has 0 aliphatic carbocycles. The lowest BCUT2D eigenvalue weighted by atomic mass is 10.2. The van der Waals surface area contributed by atoms with Crippen LogP contribution in [0, 0.1) is 13.8 Å². The smallest absolute Gasteiger partial charge is 0.271 e. The molecule has 28 heavy (non-hydrogen) atoms. The van der Waals surface area contributed by atoms with Gasteiger partial charge < -0.3 is 9.67 Å². The Hall–Kier alpha value is -1.90. The highest BCUT2D eigenvalue weighted by Crippen LogP contribution is 2.33. The normalized spacial score (nSPS) is 11.2. The van der Waals surface area contributed by atoms with E-state index in [2.05, 4.69) is 62.9 Å². The number of aromatic nitrogens is 1. The summed E-state index contributed by atoms with van der Waals surface area (Å²) < 4.78 is 4.00. The van der Waals surface area contributed by atoms with Crippen LogP contribution in [0.15, 0.2) is 61.0 Å². The van der Waals surface area contributed by atoms with Crippen molar-refractivity contribution in [1.29, 1.82) is 0 Å². The third kappa shape index (κ3) is 4.39. The first kappa shape index (κ1) is 20.8. The fraction of sp³-hybridized carbons (Fsp3) is 0.100. The molecule has 8 heteroatoms. The topological polar surface area (TPSA) is 66.6 Å². The van der Waals surface area contributed by atoms with Crippen molar-refractivity contribution in [1.82, 2.24) is 9.99 Å². The van der Waals surface area contributed by atoms with E-state index in [1.165, 1.54) is 12.1 Å². The molecule has 3 rings (SSSR count). The van der Waals surface area contributed by atoms with Gasteiger partial charge in [0.1, 0.15) is 5.75 Å². The predicted octanol–water partition coefficient (Wildman–Crippen LogP) is 5.85. The zero-order valence-corrected chi connectivity index (χ0v) is 19.8. The fourth-order valence-electron chi connectivity index (χ4n) is 2.83. The number of rotatable bonds is 4. The zero-order valence-electron chi connectivity index (χ0n) is 15.0. The number of nitrogens with zero attached hydrogens (tertiary/aromatic N) is 2. The maximum absolute atomic E-state index is 12.3. The summed E-state index contributed by atoms with van der Waals surface area (Å²) in [6.45, 7) is 4.03. The Kier molecular flexibility index (Phi) is 6.42. The molecule has 5 nitrogen and oxygen atoms in total. The molecule has 0 unspecified atom stereocenters. The summed E-state index contributed by atoms with van der Waals surface area (Å²) in [5, 5.41) is 13.8. The SMILES string of the molecule is Cc1cc(/C=N\NC(=O)c2cc(Br)c(O)c(Br)c2)c(C)n1-c1ccc(Br)cc1. The number of hydrogen-bond acceptors (Lipinski definition) is 3. The van der Waals surface area contributed by atoms with E-state index in [1.807, 2.05) is 44.2 Å². The van der Waals surface area contributed by atoms with Crippen molar-refractivity contribution in [2.45, 2.75) is 13.8 Å². The number of carbonyl (C=O) groups is 1. The first-order chi connectivity index (χ1) is 13.3. The molecule has 0 aliphatic heterocycles. The third-order valence-electron chi connectivity index (χ3n) is 4.20. The van der Waals surface area contributed by atoms with Gasteiger partial charge >= 0.3 is 0 Å². The minimum atomic E-state index is -0.376. The van der Waals surface area contributed by atoms with Crippen LogP contribution in [0.4, 0.5) is 0 Å². The molecular formula is C20H16Br3N3O2. The summed E-state index contributed by atoms with van der Waals surface area (Å²) >= 11 is 9.88. The highest BCUT2D eigenvalue weighted by atomic mass is 79.9. The quantitative estimate of drug-likeness (QED) is 0.306. The molecule has 0 spiro atoms. The molecular weight excluding hydrogens is 554 g/mol. The van der Waals surface area contributed by atoms with Gasteiger partial charge in [0.15, 0.2) is 0 Å². The number of aromatic hydroxyl groups is 1. The Morgan fingerprint density at radius 1 is 1.07 bits per heavy atom. The van der Waals surface area contributed by atoms with Crippen LogP contribution < -0.4 is 5.43 Å². The van der Waals surface area contributed by atoms with Gasteiger partial charge in [-0.15, -0.1) is 0 Å². The van der Waals surface area contributed by atoms with Crippen molar-refractivity contribution in [3.05, 3.63) is 78.4 Å². The first-order valence-electron chi connectivity index (χ1n) is 8.24. The number of phenolic OH excluding ortho intramolecular Hbond substituents is 1. The molecule has 0 aliphatic rings. The number of hydrogen-bond donors (Lipinski definition) is 2. The second-order valence-electron chi connectivity index (χ2n) is 6.13. The number of benzene rings is 2. The summed E-state index contributed by atoms with van der Waals surface area (Å²) in [4.78, 5) is 12.3. The van der Waals surface area contributed by atoms with Gasteiger partial charge in [-0.25, -0.2) is 5.43 Å². The molecule has 0 atom stereocenters. The van der Waals surface area contributed by atoms with Crippen LogP contribution in [-0.2, 0) is 0 Å². The van der Waals surface area contributed by atoms with E-state index in [4.69, 9.17) is 0 Å². The lowest BCUT2D eigenvalue weighted by molar-refractivity contribution is 0.0955. The average molecular weight is 570 g/mol. The molecule has 144 valence electrons. The minimum Gasteiger partial charge on any atom is -0.506 e. The number of nitrogens with one attached hydrogen (secondary N) is 1. The van der Waals surface area contributed by atoms with Crippen molar-refractivity contribution < 1.29 is 9.90 Å². The van der Waals surface area contributed by atoms with Gasteiger partial charge in [-0.3, -0.25) is 4.79 Å². The molecule has 1 heterocycles. The van der Waals surface area contributed by atoms with E-state index in [0.29, 0.717) is 14.5 Å². The molecule has 1 aromatic heterocycles. The molecule has 2 aromatic carbocycles.